The molecule has 0 bridgehead atoms. The van der Waals surface area contributed by atoms with Gasteiger partial charge in [0.2, 0.25) is 5.16 Å². The second-order valence-corrected chi connectivity index (χ2v) is 8.07. The van der Waals surface area contributed by atoms with Crippen molar-refractivity contribution in [2.75, 3.05) is 14.2 Å². The van der Waals surface area contributed by atoms with E-state index in [4.69, 9.17) is 9.47 Å². The van der Waals surface area contributed by atoms with Crippen molar-refractivity contribution in [2.45, 2.75) is 5.16 Å². The van der Waals surface area contributed by atoms with Crippen molar-refractivity contribution < 1.29 is 24.3 Å². The molecule has 0 radical (unpaired) electrons. The van der Waals surface area contributed by atoms with Crippen molar-refractivity contribution in [2.24, 2.45) is 0 Å². The summed E-state index contributed by atoms with van der Waals surface area (Å²) < 4.78 is 12.2. The molecule has 35 heavy (non-hydrogen) atoms. The van der Waals surface area contributed by atoms with Crippen LogP contribution in [0.1, 0.15) is 5.69 Å². The van der Waals surface area contributed by atoms with Gasteiger partial charge in [-0.25, -0.2) is 9.78 Å². The minimum atomic E-state index is -1.17. The number of rotatable bonds is 9. The van der Waals surface area contributed by atoms with Crippen molar-refractivity contribution >= 4 is 29.5 Å². The van der Waals surface area contributed by atoms with Crippen LogP contribution < -0.4 is 9.47 Å². The molecule has 2 N–H and O–H groups in total. The van der Waals surface area contributed by atoms with Crippen LogP contribution in [0.3, 0.4) is 0 Å². The molecule has 0 aliphatic heterocycles. The van der Waals surface area contributed by atoms with Gasteiger partial charge in [0.25, 0.3) is 5.69 Å². The molecule has 0 saturated carbocycles. The highest BCUT2D eigenvalue weighted by Gasteiger charge is 2.17. The minimum Gasteiger partial charge on any atom is -0.497 e. The smallest absolute Gasteiger partial charge is 0.342 e. The molecule has 0 aliphatic rings. The number of ether oxygens (including phenoxy) is 2. The third kappa shape index (κ3) is 5.33. The van der Waals surface area contributed by atoms with Crippen LogP contribution >= 0.6 is 11.8 Å². The van der Waals surface area contributed by atoms with E-state index in [1.807, 2.05) is 0 Å². The van der Waals surface area contributed by atoms with E-state index < -0.39 is 10.9 Å². The highest BCUT2D eigenvalue weighted by Crippen LogP contribution is 2.31. The number of nitro benzene ring substituents is 1. The van der Waals surface area contributed by atoms with E-state index in [1.165, 1.54) is 32.4 Å². The predicted octanol–water partition coefficient (Wildman–Crippen LogP) is 4.41. The van der Waals surface area contributed by atoms with Gasteiger partial charge in [0.15, 0.2) is 5.82 Å². The number of nitrogens with zero attached hydrogens (tertiary/aromatic N) is 4. The number of non-ortho nitro benzene ring substituents is 1. The van der Waals surface area contributed by atoms with Gasteiger partial charge in [-0.05, 0) is 48.2 Å². The molecule has 178 valence electrons. The van der Waals surface area contributed by atoms with Crippen molar-refractivity contribution in [1.29, 1.82) is 0 Å². The molecule has 0 atom stereocenters. The van der Waals surface area contributed by atoms with Gasteiger partial charge in [-0.15, -0.1) is 5.10 Å². The van der Waals surface area contributed by atoms with Crippen LogP contribution in [0.5, 0.6) is 11.5 Å². The van der Waals surface area contributed by atoms with Crippen LogP contribution in [0.2, 0.25) is 0 Å². The molecule has 12 heteroatoms. The van der Waals surface area contributed by atoms with Gasteiger partial charge >= 0.3 is 5.97 Å². The fourth-order valence-corrected chi connectivity index (χ4v) is 3.93. The first-order valence-corrected chi connectivity index (χ1v) is 10.9. The topological polar surface area (TPSA) is 145 Å². The largest absolute Gasteiger partial charge is 0.497 e. The van der Waals surface area contributed by atoms with Crippen molar-refractivity contribution in [3.63, 3.8) is 0 Å². The van der Waals surface area contributed by atoms with Crippen LogP contribution in [0.4, 0.5) is 5.69 Å². The van der Waals surface area contributed by atoms with Crippen molar-refractivity contribution in [3.05, 3.63) is 81.5 Å². The van der Waals surface area contributed by atoms with Gasteiger partial charge < -0.3 is 19.1 Å². The van der Waals surface area contributed by atoms with Crippen LogP contribution in [0.25, 0.3) is 23.2 Å². The number of thioether (sulfide) groups is 1. The standard InChI is InChI=1S/C23H19N5O6S/c1-33-18-9-14(10-19(13-18)34-2)21-24-23(26-25-21)35-20(22(29)30)12-16-7-4-8-27(16)15-5-3-6-17(11-15)28(31)32/h3-13H,1-2H3,(H,29,30)(H,24,25,26)/b20-12-. The van der Waals surface area contributed by atoms with Crippen LogP contribution in [-0.2, 0) is 4.79 Å². The molecule has 4 rings (SSSR count). The van der Waals surface area contributed by atoms with Gasteiger partial charge in [0.05, 0.1) is 24.8 Å². The normalized spacial score (nSPS) is 11.3. The molecule has 11 nitrogen and oxygen atoms in total. The van der Waals surface area contributed by atoms with E-state index in [-0.39, 0.29) is 15.7 Å². The molecule has 0 fully saturated rings. The first kappa shape index (κ1) is 23.6. The number of benzene rings is 2. The fourth-order valence-electron chi connectivity index (χ4n) is 3.24. The Hall–Kier alpha value is -4.58. The second-order valence-electron chi connectivity index (χ2n) is 7.06. The highest BCUT2D eigenvalue weighted by molar-refractivity contribution is 8.04. The lowest BCUT2D eigenvalue weighted by Crippen LogP contribution is -2.00. The quantitative estimate of drug-likeness (QED) is 0.150. The van der Waals surface area contributed by atoms with Gasteiger partial charge in [0, 0.05) is 35.7 Å². The number of aliphatic carboxylic acids is 1. The summed E-state index contributed by atoms with van der Waals surface area (Å²) in [6.07, 6.45) is 3.15. The Bertz CT molecular complexity index is 1410. The summed E-state index contributed by atoms with van der Waals surface area (Å²) in [5.41, 5.74) is 1.63. The summed E-state index contributed by atoms with van der Waals surface area (Å²) in [6.45, 7) is 0. The summed E-state index contributed by atoms with van der Waals surface area (Å²) in [5, 5.41) is 28.0. The Morgan fingerprint density at radius 3 is 2.54 bits per heavy atom. The van der Waals surface area contributed by atoms with E-state index in [1.54, 1.807) is 53.2 Å². The molecule has 0 amide bonds. The second kappa shape index (κ2) is 10.1. The van der Waals surface area contributed by atoms with Crippen LogP contribution in [0, 0.1) is 10.1 Å². The number of H-pyrrole nitrogens is 1. The minimum absolute atomic E-state index is 0.0378. The fraction of sp³-hybridized carbons (Fsp3) is 0.0870. The molecule has 4 aromatic rings. The monoisotopic (exact) mass is 493 g/mol. The Morgan fingerprint density at radius 1 is 1.14 bits per heavy atom. The number of carbonyl (C=O) groups is 1. The van der Waals surface area contributed by atoms with E-state index >= 15 is 0 Å². The lowest BCUT2D eigenvalue weighted by Gasteiger charge is -2.07. The average Bonchev–Trinajstić information content (AvgIpc) is 3.53. The number of carboxylic acids is 1. The lowest BCUT2D eigenvalue weighted by molar-refractivity contribution is -0.384. The Kier molecular flexibility index (Phi) is 6.83. The first-order chi connectivity index (χ1) is 16.9. The molecule has 0 unspecified atom stereocenters. The first-order valence-electron chi connectivity index (χ1n) is 10.1. The Morgan fingerprint density at radius 2 is 1.89 bits per heavy atom. The highest BCUT2D eigenvalue weighted by atomic mass is 32.2. The zero-order valence-electron chi connectivity index (χ0n) is 18.5. The zero-order chi connectivity index (χ0) is 24.9. The van der Waals surface area contributed by atoms with Crippen LogP contribution in [-0.4, -0.2) is 50.0 Å². The molecule has 0 spiro atoms. The number of nitro groups is 1. The SMILES string of the molecule is COc1cc(OC)cc(-c2nc(S/C(=C\c3cccn3-c3cccc([N+](=O)[O-])c3)C(=O)O)n[nH]2)c1. The zero-order valence-corrected chi connectivity index (χ0v) is 19.4. The number of nitrogens with one attached hydrogen (secondary N) is 1. The van der Waals surface area contributed by atoms with E-state index in [0.717, 1.165) is 11.8 Å². The van der Waals surface area contributed by atoms with Crippen molar-refractivity contribution in [1.82, 2.24) is 19.7 Å². The van der Waals surface area contributed by atoms with E-state index in [2.05, 4.69) is 15.2 Å². The van der Waals surface area contributed by atoms with E-state index in [0.29, 0.717) is 34.3 Å². The number of aromatic nitrogens is 4. The van der Waals surface area contributed by atoms with Gasteiger partial charge in [0.1, 0.15) is 16.4 Å². The lowest BCUT2D eigenvalue weighted by atomic mass is 10.2. The summed E-state index contributed by atoms with van der Waals surface area (Å²) in [4.78, 5) is 27.0. The maximum Gasteiger partial charge on any atom is 0.342 e. The van der Waals surface area contributed by atoms with Crippen LogP contribution in [0.15, 0.2) is 70.9 Å². The number of carboxylic acid groups (broad SMARTS) is 1. The molecule has 2 heterocycles. The summed E-state index contributed by atoms with van der Waals surface area (Å²) in [5.74, 6) is 0.376. The maximum absolute atomic E-state index is 12.0. The van der Waals surface area contributed by atoms with E-state index in [9.17, 15) is 20.0 Å². The third-order valence-corrected chi connectivity index (χ3v) is 5.76. The molecular weight excluding hydrogens is 474 g/mol. The summed E-state index contributed by atoms with van der Waals surface area (Å²) in [6, 6.07) is 14.7. The third-order valence-electron chi connectivity index (χ3n) is 4.88. The van der Waals surface area contributed by atoms with Crippen molar-refractivity contribution in [3.8, 4) is 28.6 Å². The predicted molar refractivity (Wildman–Crippen MR) is 129 cm³/mol. The molecule has 2 aromatic carbocycles. The Balaban J connectivity index is 1.63. The number of methoxy groups -OCH3 is 2. The number of aromatic amines is 1. The van der Waals surface area contributed by atoms with Gasteiger partial charge in [-0.1, -0.05) is 6.07 Å². The summed E-state index contributed by atoms with van der Waals surface area (Å²) in [7, 11) is 3.07. The number of hydrogen-bond acceptors (Lipinski definition) is 8. The van der Waals surface area contributed by atoms with Gasteiger partial charge in [-0.2, -0.15) is 0 Å². The average molecular weight is 494 g/mol. The molecular formula is C23H19N5O6S. The molecule has 0 aliphatic carbocycles. The molecule has 0 saturated heterocycles. The summed E-state index contributed by atoms with van der Waals surface area (Å²) >= 11 is 0.866. The van der Waals surface area contributed by atoms with Gasteiger partial charge in [-0.3, -0.25) is 15.2 Å². The Labute approximate surface area is 203 Å². The maximum atomic E-state index is 12.0. The molecule has 2 aromatic heterocycles. The number of hydrogen-bond donors (Lipinski definition) is 2.